The Bertz CT molecular complexity index is 846. The van der Waals surface area contributed by atoms with Crippen molar-refractivity contribution in [2.24, 2.45) is 0 Å². The van der Waals surface area contributed by atoms with Gasteiger partial charge in [-0.1, -0.05) is 36.4 Å². The maximum atomic E-state index is 12.7. The van der Waals surface area contributed by atoms with E-state index in [0.29, 0.717) is 12.1 Å². The monoisotopic (exact) mass is 322 g/mol. The molecule has 0 saturated carbocycles. The van der Waals surface area contributed by atoms with Gasteiger partial charge in [-0.2, -0.15) is 0 Å². The highest BCUT2D eigenvalue weighted by Gasteiger charge is 2.19. The van der Waals surface area contributed by atoms with Crippen LogP contribution in [-0.2, 0) is 0 Å². The number of amides is 1. The predicted octanol–water partition coefficient (Wildman–Crippen LogP) is 3.77. The molecule has 0 saturated heterocycles. The van der Waals surface area contributed by atoms with Gasteiger partial charge in [-0.3, -0.25) is 9.69 Å². The molecule has 3 aromatic rings. The number of carbonyl (C=O) groups is 1. The minimum atomic E-state index is -0.0677. The second-order valence-corrected chi connectivity index (χ2v) is 6.16. The summed E-state index contributed by atoms with van der Waals surface area (Å²) in [5, 5.41) is 5.07. The number of benzene rings is 2. The third kappa shape index (κ3) is 3.34. The van der Waals surface area contributed by atoms with Gasteiger partial charge < -0.3 is 9.73 Å². The van der Waals surface area contributed by atoms with E-state index >= 15 is 0 Å². The molecule has 1 unspecified atom stereocenters. The van der Waals surface area contributed by atoms with E-state index in [-0.39, 0.29) is 11.9 Å². The number of fused-ring (bicyclic) bond motifs is 1. The molecule has 0 bridgehead atoms. The van der Waals surface area contributed by atoms with Crippen LogP contribution in [0, 0.1) is 6.92 Å². The average Bonchev–Trinajstić information content (AvgIpc) is 3.00. The van der Waals surface area contributed by atoms with Crippen molar-refractivity contribution in [3.05, 3.63) is 71.7 Å². The lowest BCUT2D eigenvalue weighted by Crippen LogP contribution is -2.34. The molecular formula is C20H22N2O2. The van der Waals surface area contributed by atoms with Gasteiger partial charge in [0.2, 0.25) is 0 Å². The van der Waals surface area contributed by atoms with Gasteiger partial charge in [-0.15, -0.1) is 0 Å². The van der Waals surface area contributed by atoms with Crippen LogP contribution < -0.4 is 5.32 Å². The lowest BCUT2D eigenvalue weighted by atomic mass is 10.0. The van der Waals surface area contributed by atoms with Crippen LogP contribution in [0.2, 0.25) is 0 Å². The van der Waals surface area contributed by atoms with Crippen molar-refractivity contribution in [1.29, 1.82) is 0 Å². The molecule has 4 nitrogen and oxygen atoms in total. The predicted molar refractivity (Wildman–Crippen MR) is 96.2 cm³/mol. The first-order chi connectivity index (χ1) is 11.6. The molecule has 1 N–H and O–H groups in total. The smallest absolute Gasteiger partial charge is 0.251 e. The summed E-state index contributed by atoms with van der Waals surface area (Å²) in [6, 6.07) is 17.6. The summed E-state index contributed by atoms with van der Waals surface area (Å²) in [6.45, 7) is 2.41. The van der Waals surface area contributed by atoms with Crippen LogP contribution in [0.1, 0.15) is 27.9 Å². The summed E-state index contributed by atoms with van der Waals surface area (Å²) in [7, 11) is 3.96. The summed E-state index contributed by atoms with van der Waals surface area (Å²) in [5.74, 6) is 1.66. The average molecular weight is 322 g/mol. The Hall–Kier alpha value is -2.59. The van der Waals surface area contributed by atoms with Crippen molar-refractivity contribution < 1.29 is 9.21 Å². The highest BCUT2D eigenvalue weighted by Crippen LogP contribution is 2.21. The van der Waals surface area contributed by atoms with Crippen molar-refractivity contribution in [3.63, 3.8) is 0 Å². The van der Waals surface area contributed by atoms with Gasteiger partial charge >= 0.3 is 0 Å². The van der Waals surface area contributed by atoms with Crippen molar-refractivity contribution in [2.45, 2.75) is 13.0 Å². The minimum absolute atomic E-state index is 0.00220. The van der Waals surface area contributed by atoms with Gasteiger partial charge in [0, 0.05) is 12.1 Å². The highest BCUT2D eigenvalue weighted by atomic mass is 16.3. The Balaban J connectivity index is 1.78. The van der Waals surface area contributed by atoms with Gasteiger partial charge in [0.05, 0.1) is 6.04 Å². The quantitative estimate of drug-likeness (QED) is 0.777. The number of hydrogen-bond acceptors (Lipinski definition) is 3. The highest BCUT2D eigenvalue weighted by molar-refractivity contribution is 6.07. The van der Waals surface area contributed by atoms with Crippen molar-refractivity contribution >= 4 is 16.7 Å². The fraction of sp³-hybridized carbons (Fsp3) is 0.250. The molecule has 0 aliphatic rings. The zero-order chi connectivity index (χ0) is 17.1. The van der Waals surface area contributed by atoms with E-state index in [1.807, 2.05) is 80.5 Å². The molecule has 0 radical (unpaired) electrons. The molecule has 1 atom stereocenters. The third-order valence-corrected chi connectivity index (χ3v) is 4.20. The standard InChI is InChI=1S/C20H22N2O2/c1-14-11-12-19(24-14)18(22(2)3)13-21-20(23)17-10-6-8-15-7-4-5-9-16(15)17/h4-12,18H,13H2,1-3H3,(H,21,23). The minimum Gasteiger partial charge on any atom is -0.465 e. The SMILES string of the molecule is Cc1ccc(C(CNC(=O)c2cccc3ccccc23)N(C)C)o1. The summed E-state index contributed by atoms with van der Waals surface area (Å²) in [5.41, 5.74) is 0.696. The third-order valence-electron chi connectivity index (χ3n) is 4.20. The van der Waals surface area contributed by atoms with Crippen LogP contribution in [0.15, 0.2) is 59.0 Å². The molecule has 124 valence electrons. The number of hydrogen-bond donors (Lipinski definition) is 1. The largest absolute Gasteiger partial charge is 0.465 e. The van der Waals surface area contributed by atoms with Crippen molar-refractivity contribution in [3.8, 4) is 0 Å². The van der Waals surface area contributed by atoms with E-state index in [4.69, 9.17) is 4.42 Å². The van der Waals surface area contributed by atoms with Gasteiger partial charge in [0.1, 0.15) is 11.5 Å². The normalized spacial score (nSPS) is 12.5. The summed E-state index contributed by atoms with van der Waals surface area (Å²) >= 11 is 0. The molecule has 1 amide bonds. The molecular weight excluding hydrogens is 300 g/mol. The molecule has 4 heteroatoms. The van der Waals surface area contributed by atoms with Crippen LogP contribution >= 0.6 is 0 Å². The van der Waals surface area contributed by atoms with Crippen molar-refractivity contribution in [2.75, 3.05) is 20.6 Å². The van der Waals surface area contributed by atoms with Crippen LogP contribution in [-0.4, -0.2) is 31.4 Å². The molecule has 2 aromatic carbocycles. The van der Waals surface area contributed by atoms with Crippen LogP contribution in [0.5, 0.6) is 0 Å². The second kappa shape index (κ2) is 6.89. The maximum absolute atomic E-state index is 12.7. The number of nitrogens with one attached hydrogen (secondary N) is 1. The van der Waals surface area contributed by atoms with Crippen LogP contribution in [0.25, 0.3) is 10.8 Å². The number of furan rings is 1. The molecule has 0 aliphatic heterocycles. The first-order valence-corrected chi connectivity index (χ1v) is 8.05. The van der Waals surface area contributed by atoms with Gasteiger partial charge in [0.15, 0.2) is 0 Å². The molecule has 1 heterocycles. The Morgan fingerprint density at radius 3 is 2.54 bits per heavy atom. The molecule has 1 aromatic heterocycles. The molecule has 3 rings (SSSR count). The zero-order valence-electron chi connectivity index (χ0n) is 14.2. The molecule has 24 heavy (non-hydrogen) atoms. The fourth-order valence-corrected chi connectivity index (χ4v) is 2.88. The fourth-order valence-electron chi connectivity index (χ4n) is 2.88. The summed E-state index contributed by atoms with van der Waals surface area (Å²) in [4.78, 5) is 14.7. The summed E-state index contributed by atoms with van der Waals surface area (Å²) in [6.07, 6.45) is 0. The Labute approximate surface area is 142 Å². The van der Waals surface area contributed by atoms with Gasteiger partial charge in [-0.05, 0) is 50.0 Å². The van der Waals surface area contributed by atoms with Crippen LogP contribution in [0.4, 0.5) is 0 Å². The first kappa shape index (κ1) is 16.3. The van der Waals surface area contributed by atoms with Gasteiger partial charge in [0.25, 0.3) is 5.91 Å². The van der Waals surface area contributed by atoms with E-state index < -0.39 is 0 Å². The Morgan fingerprint density at radius 2 is 1.83 bits per heavy atom. The molecule has 0 spiro atoms. The van der Waals surface area contributed by atoms with Gasteiger partial charge in [-0.25, -0.2) is 0 Å². The maximum Gasteiger partial charge on any atom is 0.251 e. The number of carbonyl (C=O) groups excluding carboxylic acids is 1. The van der Waals surface area contributed by atoms with E-state index in [0.717, 1.165) is 22.3 Å². The lowest BCUT2D eigenvalue weighted by Gasteiger charge is -2.22. The lowest BCUT2D eigenvalue weighted by molar-refractivity contribution is 0.0940. The number of likely N-dealkylation sites (N-methyl/N-ethyl adjacent to an activating group) is 1. The summed E-state index contributed by atoms with van der Waals surface area (Å²) < 4.78 is 5.72. The first-order valence-electron chi connectivity index (χ1n) is 8.05. The molecule has 0 fully saturated rings. The second-order valence-electron chi connectivity index (χ2n) is 6.16. The zero-order valence-corrected chi connectivity index (χ0v) is 14.2. The van der Waals surface area contributed by atoms with E-state index in [2.05, 4.69) is 5.32 Å². The Morgan fingerprint density at radius 1 is 1.08 bits per heavy atom. The van der Waals surface area contributed by atoms with E-state index in [9.17, 15) is 4.79 Å². The number of rotatable bonds is 5. The Kier molecular flexibility index (Phi) is 4.67. The number of nitrogens with zero attached hydrogens (tertiary/aromatic N) is 1. The topological polar surface area (TPSA) is 45.5 Å². The van der Waals surface area contributed by atoms with E-state index in [1.165, 1.54) is 0 Å². The van der Waals surface area contributed by atoms with Crippen molar-refractivity contribution in [1.82, 2.24) is 10.2 Å². The molecule has 0 aliphatic carbocycles. The van der Waals surface area contributed by atoms with E-state index in [1.54, 1.807) is 0 Å². The number of aryl methyl sites for hydroxylation is 1. The van der Waals surface area contributed by atoms with Crippen LogP contribution in [0.3, 0.4) is 0 Å².